The summed E-state index contributed by atoms with van der Waals surface area (Å²) < 4.78 is 5.69. The van der Waals surface area contributed by atoms with Crippen LogP contribution in [0.3, 0.4) is 0 Å². The third-order valence-electron chi connectivity index (χ3n) is 3.65. The summed E-state index contributed by atoms with van der Waals surface area (Å²) in [5.41, 5.74) is 2.62. The van der Waals surface area contributed by atoms with Gasteiger partial charge in [0, 0.05) is 26.7 Å². The standard InChI is InChI=1S/C19H27N3OS/c1-20-19(22-15-18-10-14-24-16-18)21-11-5-6-12-23-13-9-17-7-3-2-4-8-17/h2-4,7-8,10,14,16H,5-6,9,11-13,15H2,1H3,(H2,20,21,22). The van der Waals surface area contributed by atoms with Crippen molar-refractivity contribution in [2.75, 3.05) is 26.8 Å². The molecule has 0 aliphatic carbocycles. The summed E-state index contributed by atoms with van der Waals surface area (Å²) >= 11 is 1.71. The summed E-state index contributed by atoms with van der Waals surface area (Å²) in [6.45, 7) is 3.33. The lowest BCUT2D eigenvalue weighted by Gasteiger charge is -2.11. The number of unbranched alkanes of at least 4 members (excludes halogenated alkanes) is 1. The average molecular weight is 346 g/mol. The van der Waals surface area contributed by atoms with Crippen LogP contribution in [0.2, 0.25) is 0 Å². The second-order valence-corrected chi connectivity index (χ2v) is 6.32. The number of hydrogen-bond donors (Lipinski definition) is 2. The quantitative estimate of drug-likeness (QED) is 0.394. The molecule has 1 aromatic heterocycles. The van der Waals surface area contributed by atoms with Gasteiger partial charge in [-0.05, 0) is 47.2 Å². The van der Waals surface area contributed by atoms with Crippen molar-refractivity contribution < 1.29 is 4.74 Å². The van der Waals surface area contributed by atoms with Crippen molar-refractivity contribution >= 4 is 17.3 Å². The smallest absolute Gasteiger partial charge is 0.191 e. The van der Waals surface area contributed by atoms with Crippen LogP contribution < -0.4 is 10.6 Å². The van der Waals surface area contributed by atoms with E-state index in [1.807, 2.05) is 6.07 Å². The second kappa shape index (κ2) is 11.6. The van der Waals surface area contributed by atoms with Crippen molar-refractivity contribution in [3.8, 4) is 0 Å². The van der Waals surface area contributed by atoms with Crippen LogP contribution in [-0.2, 0) is 17.7 Å². The maximum atomic E-state index is 5.69. The maximum absolute atomic E-state index is 5.69. The van der Waals surface area contributed by atoms with Crippen molar-refractivity contribution in [2.24, 2.45) is 4.99 Å². The van der Waals surface area contributed by atoms with E-state index in [9.17, 15) is 0 Å². The van der Waals surface area contributed by atoms with Crippen LogP contribution in [0.4, 0.5) is 0 Å². The molecular weight excluding hydrogens is 318 g/mol. The van der Waals surface area contributed by atoms with Crippen LogP contribution in [0, 0.1) is 0 Å². The number of nitrogens with zero attached hydrogens (tertiary/aromatic N) is 1. The van der Waals surface area contributed by atoms with Crippen LogP contribution in [0.5, 0.6) is 0 Å². The molecule has 1 aromatic carbocycles. The zero-order chi connectivity index (χ0) is 16.9. The highest BCUT2D eigenvalue weighted by atomic mass is 32.1. The molecule has 0 aliphatic heterocycles. The molecular formula is C19H27N3OS. The molecule has 0 spiro atoms. The SMILES string of the molecule is CN=C(NCCCCOCCc1ccccc1)NCc1ccsc1. The largest absolute Gasteiger partial charge is 0.381 e. The van der Waals surface area contributed by atoms with Crippen molar-refractivity contribution in [1.29, 1.82) is 0 Å². The number of benzene rings is 1. The van der Waals surface area contributed by atoms with Gasteiger partial charge in [0.25, 0.3) is 0 Å². The number of hydrogen-bond acceptors (Lipinski definition) is 3. The lowest BCUT2D eigenvalue weighted by Crippen LogP contribution is -2.37. The Hall–Kier alpha value is -1.85. The molecule has 24 heavy (non-hydrogen) atoms. The Morgan fingerprint density at radius 2 is 1.92 bits per heavy atom. The van der Waals surface area contributed by atoms with Gasteiger partial charge in [0.05, 0.1) is 6.61 Å². The lowest BCUT2D eigenvalue weighted by molar-refractivity contribution is 0.133. The number of guanidine groups is 1. The first-order valence-corrected chi connectivity index (χ1v) is 9.40. The predicted molar refractivity (Wildman–Crippen MR) is 103 cm³/mol. The molecule has 2 rings (SSSR count). The Morgan fingerprint density at radius 1 is 1.04 bits per heavy atom. The van der Waals surface area contributed by atoms with Gasteiger partial charge in [0.15, 0.2) is 5.96 Å². The molecule has 0 aliphatic rings. The van der Waals surface area contributed by atoms with Gasteiger partial charge in [-0.15, -0.1) is 0 Å². The molecule has 0 saturated heterocycles. The molecule has 0 bridgehead atoms. The zero-order valence-corrected chi connectivity index (χ0v) is 15.1. The highest BCUT2D eigenvalue weighted by molar-refractivity contribution is 7.07. The van der Waals surface area contributed by atoms with Crippen LogP contribution >= 0.6 is 11.3 Å². The average Bonchev–Trinajstić information content (AvgIpc) is 3.14. The van der Waals surface area contributed by atoms with Crippen molar-refractivity contribution in [3.63, 3.8) is 0 Å². The van der Waals surface area contributed by atoms with Crippen LogP contribution in [0.1, 0.15) is 24.0 Å². The molecule has 1 heterocycles. The lowest BCUT2D eigenvalue weighted by atomic mass is 10.2. The minimum atomic E-state index is 0.793. The molecule has 5 heteroatoms. The second-order valence-electron chi connectivity index (χ2n) is 5.54. The molecule has 130 valence electrons. The van der Waals surface area contributed by atoms with Gasteiger partial charge >= 0.3 is 0 Å². The number of thiophene rings is 1. The number of ether oxygens (including phenoxy) is 1. The minimum absolute atomic E-state index is 0.793. The molecule has 2 N–H and O–H groups in total. The van der Waals surface area contributed by atoms with Crippen molar-refractivity contribution in [1.82, 2.24) is 10.6 Å². The van der Waals surface area contributed by atoms with E-state index < -0.39 is 0 Å². The van der Waals surface area contributed by atoms with Gasteiger partial charge in [-0.25, -0.2) is 0 Å². The molecule has 4 nitrogen and oxygen atoms in total. The molecule has 0 amide bonds. The van der Waals surface area contributed by atoms with E-state index in [4.69, 9.17) is 4.74 Å². The highest BCUT2D eigenvalue weighted by Crippen LogP contribution is 2.04. The normalized spacial score (nSPS) is 11.5. The van der Waals surface area contributed by atoms with Crippen LogP contribution in [0.15, 0.2) is 52.2 Å². The van der Waals surface area contributed by atoms with Gasteiger partial charge < -0.3 is 15.4 Å². The monoisotopic (exact) mass is 345 g/mol. The summed E-state index contributed by atoms with van der Waals surface area (Å²) in [5, 5.41) is 10.9. The van der Waals surface area contributed by atoms with Crippen molar-refractivity contribution in [2.45, 2.75) is 25.8 Å². The summed E-state index contributed by atoms with van der Waals surface area (Å²) in [6, 6.07) is 12.6. The fourth-order valence-electron chi connectivity index (χ4n) is 2.27. The first-order valence-electron chi connectivity index (χ1n) is 8.46. The molecule has 0 unspecified atom stereocenters. The van der Waals surface area contributed by atoms with E-state index in [-0.39, 0.29) is 0 Å². The Bertz CT molecular complexity index is 570. The number of rotatable bonds is 10. The summed E-state index contributed by atoms with van der Waals surface area (Å²) in [4.78, 5) is 4.23. The fraction of sp³-hybridized carbons (Fsp3) is 0.421. The molecule has 0 radical (unpaired) electrons. The van der Waals surface area contributed by atoms with Crippen LogP contribution in [0.25, 0.3) is 0 Å². The topological polar surface area (TPSA) is 45.7 Å². The fourth-order valence-corrected chi connectivity index (χ4v) is 2.94. The summed E-state index contributed by atoms with van der Waals surface area (Å²) in [6.07, 6.45) is 3.12. The highest BCUT2D eigenvalue weighted by Gasteiger charge is 1.98. The third kappa shape index (κ3) is 7.62. The van der Waals surface area contributed by atoms with E-state index in [1.54, 1.807) is 18.4 Å². The zero-order valence-electron chi connectivity index (χ0n) is 14.3. The van der Waals surface area contributed by atoms with Gasteiger partial charge in [-0.3, -0.25) is 4.99 Å². The maximum Gasteiger partial charge on any atom is 0.191 e. The molecule has 0 fully saturated rings. The number of nitrogens with one attached hydrogen (secondary N) is 2. The Kier molecular flexibility index (Phi) is 8.97. The minimum Gasteiger partial charge on any atom is -0.381 e. The van der Waals surface area contributed by atoms with Crippen LogP contribution in [-0.4, -0.2) is 32.8 Å². The first kappa shape index (κ1) is 18.5. The molecule has 0 atom stereocenters. The van der Waals surface area contributed by atoms with E-state index in [0.29, 0.717) is 0 Å². The third-order valence-corrected chi connectivity index (χ3v) is 4.38. The first-order chi connectivity index (χ1) is 11.9. The molecule has 0 saturated carbocycles. The Labute approximate surface area is 149 Å². The number of aliphatic imine (C=N–C) groups is 1. The van der Waals surface area contributed by atoms with E-state index in [2.05, 4.69) is 56.7 Å². The Balaban J connectivity index is 1.45. The van der Waals surface area contributed by atoms with E-state index in [1.165, 1.54) is 11.1 Å². The van der Waals surface area contributed by atoms with Gasteiger partial charge in [-0.1, -0.05) is 30.3 Å². The van der Waals surface area contributed by atoms with Gasteiger partial charge in [0.1, 0.15) is 0 Å². The molecule has 2 aromatic rings. The van der Waals surface area contributed by atoms with E-state index in [0.717, 1.165) is 51.5 Å². The van der Waals surface area contributed by atoms with E-state index >= 15 is 0 Å². The van der Waals surface area contributed by atoms with Gasteiger partial charge in [-0.2, -0.15) is 11.3 Å². The summed E-state index contributed by atoms with van der Waals surface area (Å²) in [5.74, 6) is 0.853. The predicted octanol–water partition coefficient (Wildman–Crippen LogP) is 3.45. The Morgan fingerprint density at radius 3 is 2.67 bits per heavy atom. The van der Waals surface area contributed by atoms with Crippen molar-refractivity contribution in [3.05, 3.63) is 58.3 Å². The summed E-state index contributed by atoms with van der Waals surface area (Å²) in [7, 11) is 1.80. The van der Waals surface area contributed by atoms with Gasteiger partial charge in [0.2, 0.25) is 0 Å².